The van der Waals surface area contributed by atoms with E-state index in [4.69, 9.17) is 4.74 Å². The molecule has 1 aromatic rings. The number of rotatable bonds is 13. The Hall–Kier alpha value is -2.46. The lowest BCUT2D eigenvalue weighted by molar-refractivity contribution is 0.0921. The number of carbonyl (C=O) groups excluding carboxylic acids is 1. The van der Waals surface area contributed by atoms with Crippen LogP contribution in [0, 0.1) is 11.7 Å². The summed E-state index contributed by atoms with van der Waals surface area (Å²) in [6.07, 6.45) is 11.1. The SMILES string of the molecule is C=CCN(C)CC=CCOc1ccc(C(=O)C(CC=C(C)C)CC=C(C)C)cc1F. The molecule has 0 spiro atoms. The van der Waals surface area contributed by atoms with Gasteiger partial charge in [-0.05, 0) is 65.8 Å². The summed E-state index contributed by atoms with van der Waals surface area (Å²) >= 11 is 0. The van der Waals surface area contributed by atoms with Gasteiger partial charge in [-0.2, -0.15) is 0 Å². The molecular formula is C26H36FNO2. The zero-order valence-electron chi connectivity index (χ0n) is 19.1. The van der Waals surface area contributed by atoms with E-state index in [0.717, 1.165) is 13.1 Å². The van der Waals surface area contributed by atoms with Crippen molar-refractivity contribution in [1.82, 2.24) is 4.90 Å². The van der Waals surface area contributed by atoms with Crippen LogP contribution in [0.2, 0.25) is 0 Å². The van der Waals surface area contributed by atoms with E-state index >= 15 is 0 Å². The van der Waals surface area contributed by atoms with Crippen molar-refractivity contribution >= 4 is 5.78 Å². The highest BCUT2D eigenvalue weighted by Crippen LogP contribution is 2.24. The second-order valence-electron chi connectivity index (χ2n) is 8.03. The van der Waals surface area contributed by atoms with E-state index in [2.05, 4.69) is 23.6 Å². The maximum atomic E-state index is 14.5. The number of ketones is 1. The Balaban J connectivity index is 2.78. The average molecular weight is 414 g/mol. The van der Waals surface area contributed by atoms with Gasteiger partial charge in [0.25, 0.3) is 0 Å². The first kappa shape index (κ1) is 25.6. The van der Waals surface area contributed by atoms with E-state index in [9.17, 15) is 9.18 Å². The Labute approximate surface area is 181 Å². The minimum Gasteiger partial charge on any atom is -0.486 e. The van der Waals surface area contributed by atoms with Crippen LogP contribution in [0.5, 0.6) is 5.75 Å². The van der Waals surface area contributed by atoms with Crippen molar-refractivity contribution in [1.29, 1.82) is 0 Å². The van der Waals surface area contributed by atoms with Crippen LogP contribution < -0.4 is 4.74 Å². The van der Waals surface area contributed by atoms with Crippen molar-refractivity contribution in [2.45, 2.75) is 40.5 Å². The molecule has 0 radical (unpaired) electrons. The molecule has 0 aromatic heterocycles. The highest BCUT2D eigenvalue weighted by atomic mass is 19.1. The molecule has 1 aromatic carbocycles. The third-order valence-electron chi connectivity index (χ3n) is 4.57. The molecule has 1 rings (SSSR count). The molecule has 0 aliphatic rings. The summed E-state index contributed by atoms with van der Waals surface area (Å²) < 4.78 is 20.0. The first-order chi connectivity index (χ1) is 14.2. The zero-order chi connectivity index (χ0) is 22.5. The fourth-order valence-corrected chi connectivity index (χ4v) is 2.83. The topological polar surface area (TPSA) is 29.5 Å². The number of Topliss-reactive ketones (excluding diaryl/α,β-unsaturated/α-hetero) is 1. The molecule has 164 valence electrons. The third-order valence-corrected chi connectivity index (χ3v) is 4.57. The summed E-state index contributed by atoms with van der Waals surface area (Å²) in [6.45, 7) is 13.6. The van der Waals surface area contributed by atoms with Crippen LogP contribution >= 0.6 is 0 Å². The quantitative estimate of drug-likeness (QED) is 0.277. The molecule has 0 saturated carbocycles. The number of halogens is 1. The van der Waals surface area contributed by atoms with Crippen molar-refractivity contribution in [3.05, 3.63) is 77.7 Å². The average Bonchev–Trinajstić information content (AvgIpc) is 2.68. The maximum absolute atomic E-state index is 14.5. The summed E-state index contributed by atoms with van der Waals surface area (Å²) in [4.78, 5) is 15.0. The number of carbonyl (C=O) groups is 1. The molecule has 30 heavy (non-hydrogen) atoms. The number of likely N-dealkylation sites (N-methyl/N-ethyl adjacent to an activating group) is 1. The lowest BCUT2D eigenvalue weighted by Gasteiger charge is -2.14. The Morgan fingerprint density at radius 1 is 1.10 bits per heavy atom. The molecule has 0 heterocycles. The van der Waals surface area contributed by atoms with Crippen LogP contribution in [-0.4, -0.2) is 37.4 Å². The van der Waals surface area contributed by atoms with Crippen molar-refractivity contribution < 1.29 is 13.9 Å². The number of nitrogens with zero attached hydrogens (tertiary/aromatic N) is 1. The van der Waals surface area contributed by atoms with Crippen molar-refractivity contribution in [2.75, 3.05) is 26.7 Å². The Morgan fingerprint density at radius 2 is 1.73 bits per heavy atom. The van der Waals surface area contributed by atoms with Gasteiger partial charge in [0.05, 0.1) is 0 Å². The van der Waals surface area contributed by atoms with Crippen molar-refractivity contribution in [3.8, 4) is 5.75 Å². The first-order valence-electron chi connectivity index (χ1n) is 10.4. The largest absolute Gasteiger partial charge is 0.486 e. The van der Waals surface area contributed by atoms with Crippen LogP contribution in [0.1, 0.15) is 50.9 Å². The van der Waals surface area contributed by atoms with Gasteiger partial charge in [0.1, 0.15) is 6.61 Å². The maximum Gasteiger partial charge on any atom is 0.166 e. The van der Waals surface area contributed by atoms with Gasteiger partial charge in [-0.3, -0.25) is 9.69 Å². The minimum absolute atomic E-state index is 0.0411. The van der Waals surface area contributed by atoms with E-state index in [1.165, 1.54) is 17.2 Å². The third kappa shape index (κ3) is 9.84. The molecule has 0 unspecified atom stereocenters. The lowest BCUT2D eigenvalue weighted by Crippen LogP contribution is -2.17. The summed E-state index contributed by atoms with van der Waals surface area (Å²) in [7, 11) is 1.99. The van der Waals surface area contributed by atoms with Crippen molar-refractivity contribution in [2.24, 2.45) is 5.92 Å². The predicted octanol–water partition coefficient (Wildman–Crippen LogP) is 6.39. The van der Waals surface area contributed by atoms with Crippen LogP contribution in [-0.2, 0) is 0 Å². The summed E-state index contributed by atoms with van der Waals surface area (Å²) in [5.41, 5.74) is 2.73. The Bertz CT molecular complexity index is 764. The minimum atomic E-state index is -0.513. The molecule has 0 aliphatic heterocycles. The molecular weight excluding hydrogens is 377 g/mol. The number of benzene rings is 1. The highest BCUT2D eigenvalue weighted by molar-refractivity contribution is 5.98. The molecule has 0 fully saturated rings. The fraction of sp³-hybridized carbons (Fsp3) is 0.423. The number of hydrogen-bond acceptors (Lipinski definition) is 3. The number of ether oxygens (including phenoxy) is 1. The van der Waals surface area contributed by atoms with Gasteiger partial charge in [-0.1, -0.05) is 41.5 Å². The molecule has 4 heteroatoms. The van der Waals surface area contributed by atoms with Gasteiger partial charge < -0.3 is 4.74 Å². The van der Waals surface area contributed by atoms with Crippen LogP contribution in [0.15, 0.2) is 66.3 Å². The van der Waals surface area contributed by atoms with E-state index in [1.54, 1.807) is 12.1 Å². The Morgan fingerprint density at radius 3 is 2.27 bits per heavy atom. The standard InChI is InChI=1S/C26H36FNO2/c1-7-16-28(6)17-8-9-18-30-25-15-14-23(19-24(25)27)26(29)22(12-10-20(2)3)13-11-21(4)5/h7-11,14-15,19,22H,1,12-13,16-18H2,2-6H3. The highest BCUT2D eigenvalue weighted by Gasteiger charge is 2.19. The molecule has 0 atom stereocenters. The molecule has 0 bridgehead atoms. The van der Waals surface area contributed by atoms with Crippen LogP contribution in [0.3, 0.4) is 0 Å². The first-order valence-corrected chi connectivity index (χ1v) is 10.4. The van der Waals surface area contributed by atoms with Crippen LogP contribution in [0.4, 0.5) is 4.39 Å². The van der Waals surface area contributed by atoms with Gasteiger partial charge >= 0.3 is 0 Å². The van der Waals surface area contributed by atoms with Crippen molar-refractivity contribution in [3.63, 3.8) is 0 Å². The van der Waals surface area contributed by atoms with Gasteiger partial charge in [-0.15, -0.1) is 6.58 Å². The zero-order valence-corrected chi connectivity index (χ0v) is 19.1. The predicted molar refractivity (Wildman–Crippen MR) is 125 cm³/mol. The monoisotopic (exact) mass is 413 g/mol. The molecule has 0 saturated heterocycles. The second kappa shape index (κ2) is 13.7. The number of allylic oxidation sites excluding steroid dienone is 4. The summed E-state index contributed by atoms with van der Waals surface area (Å²) in [5.74, 6) is -0.598. The van der Waals surface area contributed by atoms with Gasteiger partial charge in [0.15, 0.2) is 17.3 Å². The Kier molecular flexibility index (Phi) is 11.7. The smallest absolute Gasteiger partial charge is 0.166 e. The summed E-state index contributed by atoms with van der Waals surface area (Å²) in [5, 5.41) is 0. The molecule has 0 N–H and O–H groups in total. The number of hydrogen-bond donors (Lipinski definition) is 0. The van der Waals surface area contributed by atoms with Gasteiger partial charge in [-0.25, -0.2) is 4.39 Å². The van der Waals surface area contributed by atoms with E-state index in [1.807, 2.05) is 53.0 Å². The van der Waals surface area contributed by atoms with Gasteiger partial charge in [0.2, 0.25) is 0 Å². The summed E-state index contributed by atoms with van der Waals surface area (Å²) in [6, 6.07) is 4.48. The van der Waals surface area contributed by atoms with E-state index < -0.39 is 5.82 Å². The second-order valence-corrected chi connectivity index (χ2v) is 8.03. The normalized spacial score (nSPS) is 11.1. The lowest BCUT2D eigenvalue weighted by atomic mass is 9.90. The molecule has 0 amide bonds. The van der Waals surface area contributed by atoms with E-state index in [-0.39, 0.29) is 24.1 Å². The van der Waals surface area contributed by atoms with Gasteiger partial charge in [0, 0.05) is 24.6 Å². The van der Waals surface area contributed by atoms with E-state index in [0.29, 0.717) is 18.4 Å². The molecule has 0 aliphatic carbocycles. The molecule has 3 nitrogen and oxygen atoms in total. The fourth-order valence-electron chi connectivity index (χ4n) is 2.83. The van der Waals surface area contributed by atoms with Crippen LogP contribution in [0.25, 0.3) is 0 Å².